The highest BCUT2D eigenvalue weighted by Gasteiger charge is 2.31. The molecule has 1 aromatic carbocycles. The van der Waals surface area contributed by atoms with Crippen molar-refractivity contribution < 1.29 is 22.2 Å². The lowest BCUT2D eigenvalue weighted by molar-refractivity contribution is -0.137. The molecule has 0 aliphatic carbocycles. The summed E-state index contributed by atoms with van der Waals surface area (Å²) in [6, 6.07) is 2.63. The van der Waals surface area contributed by atoms with Gasteiger partial charge in [-0.15, -0.1) is 0 Å². The first-order valence-corrected chi connectivity index (χ1v) is 6.85. The van der Waals surface area contributed by atoms with Crippen molar-refractivity contribution in [3.8, 4) is 0 Å². The van der Waals surface area contributed by atoms with Crippen LogP contribution in [0.3, 0.4) is 0 Å². The standard InChI is InChI=1S/C11H13F3N2O2S/c1-6(19(2)18)10(17)16-9-4-3-7(5-8(9)15)11(12,13)14/h3-6H,15H2,1-2H3,(H,16,17). The lowest BCUT2D eigenvalue weighted by Gasteiger charge is -2.13. The van der Waals surface area contributed by atoms with Crippen molar-refractivity contribution in [1.29, 1.82) is 0 Å². The van der Waals surface area contributed by atoms with Gasteiger partial charge in [0.1, 0.15) is 5.25 Å². The van der Waals surface area contributed by atoms with Gasteiger partial charge in [-0.2, -0.15) is 13.2 Å². The van der Waals surface area contributed by atoms with Crippen LogP contribution in [0.4, 0.5) is 24.5 Å². The number of halogens is 3. The van der Waals surface area contributed by atoms with Crippen molar-refractivity contribution >= 4 is 28.1 Å². The maximum atomic E-state index is 12.4. The summed E-state index contributed by atoms with van der Waals surface area (Å²) in [6.07, 6.45) is -3.13. The van der Waals surface area contributed by atoms with Gasteiger partial charge >= 0.3 is 6.18 Å². The van der Waals surface area contributed by atoms with Crippen LogP contribution in [-0.4, -0.2) is 21.6 Å². The number of nitrogens with two attached hydrogens (primary N) is 1. The maximum absolute atomic E-state index is 12.4. The molecule has 1 aromatic rings. The zero-order valence-corrected chi connectivity index (χ0v) is 11.1. The van der Waals surface area contributed by atoms with Crippen LogP contribution in [0.1, 0.15) is 12.5 Å². The normalized spacial score (nSPS) is 14.8. The first-order chi connectivity index (χ1) is 8.62. The summed E-state index contributed by atoms with van der Waals surface area (Å²) in [5, 5.41) is 1.57. The molecule has 106 valence electrons. The first-order valence-electron chi connectivity index (χ1n) is 5.22. The molecular formula is C11H13F3N2O2S. The molecule has 0 saturated heterocycles. The van der Waals surface area contributed by atoms with E-state index in [0.29, 0.717) is 0 Å². The lowest BCUT2D eigenvalue weighted by Crippen LogP contribution is -2.28. The average Bonchev–Trinajstić information content (AvgIpc) is 2.29. The Balaban J connectivity index is 2.93. The monoisotopic (exact) mass is 294 g/mol. The number of nitrogen functional groups attached to an aromatic ring is 1. The number of alkyl halides is 3. The van der Waals surface area contributed by atoms with E-state index in [-0.39, 0.29) is 11.4 Å². The summed E-state index contributed by atoms with van der Waals surface area (Å²) < 4.78 is 48.4. The van der Waals surface area contributed by atoms with Gasteiger partial charge in [-0.3, -0.25) is 9.00 Å². The van der Waals surface area contributed by atoms with Crippen molar-refractivity contribution in [3.05, 3.63) is 23.8 Å². The van der Waals surface area contributed by atoms with Gasteiger partial charge in [0.2, 0.25) is 5.91 Å². The molecule has 1 rings (SSSR count). The molecule has 0 spiro atoms. The Hall–Kier alpha value is -1.57. The molecule has 19 heavy (non-hydrogen) atoms. The zero-order chi connectivity index (χ0) is 14.8. The topological polar surface area (TPSA) is 72.2 Å². The Labute approximate surface area is 110 Å². The van der Waals surface area contributed by atoms with E-state index < -0.39 is 33.7 Å². The molecule has 0 aliphatic rings. The van der Waals surface area contributed by atoms with Gasteiger partial charge in [-0.25, -0.2) is 0 Å². The number of benzene rings is 1. The van der Waals surface area contributed by atoms with Crippen LogP contribution in [0.2, 0.25) is 0 Å². The molecule has 0 heterocycles. The van der Waals surface area contributed by atoms with Crippen LogP contribution in [-0.2, 0) is 21.8 Å². The first kappa shape index (κ1) is 15.5. The molecule has 3 N–H and O–H groups in total. The minimum Gasteiger partial charge on any atom is -0.397 e. The third kappa shape index (κ3) is 3.95. The Morgan fingerprint density at radius 3 is 2.42 bits per heavy atom. The van der Waals surface area contributed by atoms with E-state index in [1.807, 2.05) is 0 Å². The number of anilines is 2. The van der Waals surface area contributed by atoms with Crippen LogP contribution in [0, 0.1) is 0 Å². The van der Waals surface area contributed by atoms with Crippen molar-refractivity contribution in [1.82, 2.24) is 0 Å². The van der Waals surface area contributed by atoms with Crippen LogP contribution < -0.4 is 11.1 Å². The van der Waals surface area contributed by atoms with Gasteiger partial charge in [-0.05, 0) is 25.1 Å². The largest absolute Gasteiger partial charge is 0.416 e. The second-order valence-electron chi connectivity index (χ2n) is 3.93. The van der Waals surface area contributed by atoms with Gasteiger partial charge < -0.3 is 11.1 Å². The second-order valence-corrected chi connectivity index (χ2v) is 5.63. The molecule has 2 unspecified atom stereocenters. The minimum atomic E-state index is -4.49. The molecule has 0 bridgehead atoms. The molecule has 0 radical (unpaired) electrons. The Bertz CT molecular complexity index is 517. The van der Waals surface area contributed by atoms with E-state index in [0.717, 1.165) is 18.2 Å². The van der Waals surface area contributed by atoms with Gasteiger partial charge in [0.05, 0.1) is 16.9 Å². The van der Waals surface area contributed by atoms with Gasteiger partial charge in [0.15, 0.2) is 0 Å². The maximum Gasteiger partial charge on any atom is 0.416 e. The summed E-state index contributed by atoms with van der Waals surface area (Å²) in [5.74, 6) is -0.563. The highest BCUT2D eigenvalue weighted by atomic mass is 32.2. The van der Waals surface area contributed by atoms with Gasteiger partial charge in [0, 0.05) is 17.1 Å². The minimum absolute atomic E-state index is 0.0651. The Morgan fingerprint density at radius 1 is 1.42 bits per heavy atom. The smallest absolute Gasteiger partial charge is 0.397 e. The third-order valence-electron chi connectivity index (χ3n) is 2.50. The quantitative estimate of drug-likeness (QED) is 0.837. The predicted octanol–water partition coefficient (Wildman–Crippen LogP) is 1.99. The van der Waals surface area contributed by atoms with E-state index >= 15 is 0 Å². The molecule has 0 fully saturated rings. The molecule has 0 aromatic heterocycles. The van der Waals surface area contributed by atoms with E-state index in [2.05, 4.69) is 5.32 Å². The number of hydrogen-bond donors (Lipinski definition) is 2. The van der Waals surface area contributed by atoms with Crippen molar-refractivity contribution in [2.24, 2.45) is 0 Å². The van der Waals surface area contributed by atoms with E-state index in [1.54, 1.807) is 0 Å². The van der Waals surface area contributed by atoms with Crippen molar-refractivity contribution in [3.63, 3.8) is 0 Å². The molecular weight excluding hydrogens is 281 g/mol. The van der Waals surface area contributed by atoms with Crippen molar-refractivity contribution in [2.45, 2.75) is 18.3 Å². The molecule has 0 saturated carbocycles. The van der Waals surface area contributed by atoms with Gasteiger partial charge in [-0.1, -0.05) is 0 Å². The van der Waals surface area contributed by atoms with Crippen LogP contribution in [0.15, 0.2) is 18.2 Å². The van der Waals surface area contributed by atoms with Crippen LogP contribution in [0.5, 0.6) is 0 Å². The Kier molecular flexibility index (Phi) is 4.56. The number of rotatable bonds is 3. The summed E-state index contributed by atoms with van der Waals surface area (Å²) >= 11 is 0. The predicted molar refractivity (Wildman–Crippen MR) is 68.0 cm³/mol. The molecule has 4 nitrogen and oxygen atoms in total. The van der Waals surface area contributed by atoms with Crippen LogP contribution in [0.25, 0.3) is 0 Å². The number of amides is 1. The highest BCUT2D eigenvalue weighted by molar-refractivity contribution is 7.85. The number of carbonyl (C=O) groups excluding carboxylic acids is 1. The summed E-state index contributed by atoms with van der Waals surface area (Å²) in [5.41, 5.74) is 4.43. The number of hydrogen-bond acceptors (Lipinski definition) is 3. The number of nitrogens with one attached hydrogen (secondary N) is 1. The average molecular weight is 294 g/mol. The molecule has 0 aliphatic heterocycles. The molecule has 8 heteroatoms. The highest BCUT2D eigenvalue weighted by Crippen LogP contribution is 2.32. The fourth-order valence-corrected chi connectivity index (χ4v) is 1.60. The second kappa shape index (κ2) is 5.60. The number of carbonyl (C=O) groups is 1. The van der Waals surface area contributed by atoms with Crippen LogP contribution >= 0.6 is 0 Å². The fourth-order valence-electron chi connectivity index (χ4n) is 1.24. The van der Waals surface area contributed by atoms with E-state index in [9.17, 15) is 22.2 Å². The summed E-state index contributed by atoms with van der Waals surface area (Å²) in [4.78, 5) is 11.6. The Morgan fingerprint density at radius 2 is 2.00 bits per heavy atom. The summed E-state index contributed by atoms with van der Waals surface area (Å²) in [6.45, 7) is 1.45. The molecule has 2 atom stereocenters. The lowest BCUT2D eigenvalue weighted by atomic mass is 10.1. The van der Waals surface area contributed by atoms with E-state index in [1.165, 1.54) is 13.2 Å². The van der Waals surface area contributed by atoms with Crippen molar-refractivity contribution in [2.75, 3.05) is 17.3 Å². The fraction of sp³-hybridized carbons (Fsp3) is 0.364. The summed E-state index contributed by atoms with van der Waals surface area (Å²) in [7, 11) is -1.37. The van der Waals surface area contributed by atoms with E-state index in [4.69, 9.17) is 5.73 Å². The van der Waals surface area contributed by atoms with Gasteiger partial charge in [0.25, 0.3) is 0 Å². The third-order valence-corrected chi connectivity index (χ3v) is 3.71. The zero-order valence-electron chi connectivity index (χ0n) is 10.2. The molecule has 1 amide bonds. The SMILES string of the molecule is CC(C(=O)Nc1ccc(C(F)(F)F)cc1N)S(C)=O.